The molecule has 4 aromatic rings. The van der Waals surface area contributed by atoms with E-state index in [-0.39, 0.29) is 24.1 Å². The van der Waals surface area contributed by atoms with E-state index in [2.05, 4.69) is 18.0 Å². The molecule has 0 saturated heterocycles. The number of carbonyl (C=O) groups excluding carboxylic acids is 1. The normalized spacial score (nSPS) is 11.9. The summed E-state index contributed by atoms with van der Waals surface area (Å²) < 4.78 is 6.75. The van der Waals surface area contributed by atoms with E-state index in [1.807, 2.05) is 64.9 Å². The summed E-state index contributed by atoms with van der Waals surface area (Å²) in [5.74, 6) is 0.663. The van der Waals surface area contributed by atoms with Crippen LogP contribution in [0.4, 0.5) is 0 Å². The first-order chi connectivity index (χ1) is 15.5. The maximum absolute atomic E-state index is 13.5. The van der Waals surface area contributed by atoms with Crippen molar-refractivity contribution >= 4 is 28.3 Å². The lowest BCUT2D eigenvalue weighted by Gasteiger charge is -2.30. The van der Waals surface area contributed by atoms with Crippen LogP contribution in [0.15, 0.2) is 77.0 Å². The molecule has 0 aliphatic rings. The summed E-state index contributed by atoms with van der Waals surface area (Å²) in [6.07, 6.45) is 2.03. The molecule has 2 heterocycles. The predicted octanol–water partition coefficient (Wildman–Crippen LogP) is 4.13. The fourth-order valence-corrected chi connectivity index (χ4v) is 4.58. The molecule has 164 valence electrons. The molecule has 0 fully saturated rings. The van der Waals surface area contributed by atoms with Crippen molar-refractivity contribution in [2.45, 2.75) is 32.5 Å². The van der Waals surface area contributed by atoms with Crippen LogP contribution in [0.2, 0.25) is 0 Å². The molecule has 2 aromatic heterocycles. The Kier molecular flexibility index (Phi) is 6.66. The second-order valence-corrected chi connectivity index (χ2v) is 8.71. The third-order valence-corrected chi connectivity index (χ3v) is 6.39. The number of amides is 1. The van der Waals surface area contributed by atoms with Crippen LogP contribution in [0.25, 0.3) is 11.0 Å². The number of ether oxygens (including phenoxy) is 1. The van der Waals surface area contributed by atoms with Gasteiger partial charge in [0, 0.05) is 23.9 Å². The number of hydrogen-bond donors (Lipinski definition) is 0. The summed E-state index contributed by atoms with van der Waals surface area (Å²) in [5, 5.41) is 2.04. The molecule has 0 radical (unpaired) electrons. The summed E-state index contributed by atoms with van der Waals surface area (Å²) in [4.78, 5) is 33.4. The molecule has 7 heteroatoms. The minimum absolute atomic E-state index is 0.0349. The number of rotatable bonds is 8. The molecule has 6 nitrogen and oxygen atoms in total. The Balaban J connectivity index is 1.63. The second-order valence-electron chi connectivity index (χ2n) is 7.67. The predicted molar refractivity (Wildman–Crippen MR) is 127 cm³/mol. The van der Waals surface area contributed by atoms with E-state index in [4.69, 9.17) is 4.74 Å². The van der Waals surface area contributed by atoms with Crippen LogP contribution in [-0.4, -0.2) is 33.5 Å². The molecule has 1 atom stereocenters. The van der Waals surface area contributed by atoms with Gasteiger partial charge in [-0.1, -0.05) is 30.3 Å². The fraction of sp³-hybridized carbons (Fsp3) is 0.240. The second kappa shape index (κ2) is 9.78. The van der Waals surface area contributed by atoms with Crippen LogP contribution in [0.1, 0.15) is 17.4 Å². The van der Waals surface area contributed by atoms with Gasteiger partial charge in [-0.2, -0.15) is 0 Å². The molecule has 0 spiro atoms. The highest BCUT2D eigenvalue weighted by atomic mass is 32.1. The molecule has 0 aliphatic heterocycles. The van der Waals surface area contributed by atoms with Crippen molar-refractivity contribution in [2.24, 2.45) is 0 Å². The number of thiophene rings is 1. The smallest absolute Gasteiger partial charge is 0.269 e. The zero-order valence-electron chi connectivity index (χ0n) is 18.1. The van der Waals surface area contributed by atoms with Crippen molar-refractivity contribution in [3.05, 3.63) is 93.0 Å². The average Bonchev–Trinajstić information content (AvgIpc) is 3.32. The van der Waals surface area contributed by atoms with Gasteiger partial charge < -0.3 is 9.64 Å². The van der Waals surface area contributed by atoms with Gasteiger partial charge in [-0.15, -0.1) is 11.3 Å². The maximum atomic E-state index is 13.5. The fourth-order valence-electron chi connectivity index (χ4n) is 3.75. The number of aromatic nitrogens is 2. The maximum Gasteiger partial charge on any atom is 0.269 e. The molecule has 0 saturated carbocycles. The number of fused-ring (bicyclic) bond motifs is 1. The minimum atomic E-state index is -0.285. The Bertz CT molecular complexity index is 1250. The third-order valence-electron chi connectivity index (χ3n) is 5.49. The first-order valence-electron chi connectivity index (χ1n) is 10.4. The summed E-state index contributed by atoms with van der Waals surface area (Å²) in [6, 6.07) is 19.1. The highest BCUT2D eigenvalue weighted by Gasteiger charge is 2.22. The zero-order chi connectivity index (χ0) is 22.5. The molecule has 0 N–H and O–H groups in total. The van der Waals surface area contributed by atoms with E-state index >= 15 is 0 Å². The van der Waals surface area contributed by atoms with Crippen LogP contribution in [-0.2, 0) is 24.3 Å². The molecule has 0 aliphatic carbocycles. The molecular formula is C25H25N3O3S. The van der Waals surface area contributed by atoms with Crippen LogP contribution >= 0.6 is 11.3 Å². The van der Waals surface area contributed by atoms with E-state index in [0.717, 1.165) is 17.7 Å². The lowest BCUT2D eigenvalue weighted by molar-refractivity contribution is -0.134. The first-order valence-corrected chi connectivity index (χ1v) is 11.3. The average molecular weight is 448 g/mol. The van der Waals surface area contributed by atoms with E-state index in [1.54, 1.807) is 18.4 Å². The SMILES string of the molecule is COc1ccc(CN(C(=O)Cn2c(=O)cnc3ccccc32)C(C)Cc2cccs2)cc1. The van der Waals surface area contributed by atoms with Gasteiger partial charge in [-0.05, 0) is 48.2 Å². The van der Waals surface area contributed by atoms with Gasteiger partial charge >= 0.3 is 0 Å². The van der Waals surface area contributed by atoms with E-state index in [0.29, 0.717) is 17.6 Å². The van der Waals surface area contributed by atoms with Gasteiger partial charge in [0.05, 0.1) is 24.3 Å². The van der Waals surface area contributed by atoms with Crippen molar-refractivity contribution in [3.8, 4) is 5.75 Å². The number of benzene rings is 2. The molecule has 1 unspecified atom stereocenters. The number of carbonyl (C=O) groups is 1. The van der Waals surface area contributed by atoms with Crippen LogP contribution in [0.5, 0.6) is 5.75 Å². The molecule has 1 amide bonds. The lowest BCUT2D eigenvalue weighted by atomic mass is 10.1. The number of para-hydroxylation sites is 2. The quantitative estimate of drug-likeness (QED) is 0.407. The highest BCUT2D eigenvalue weighted by Crippen LogP contribution is 2.19. The topological polar surface area (TPSA) is 64.4 Å². The van der Waals surface area contributed by atoms with Gasteiger partial charge in [0.2, 0.25) is 5.91 Å². The molecule has 32 heavy (non-hydrogen) atoms. The van der Waals surface area contributed by atoms with Crippen molar-refractivity contribution in [2.75, 3.05) is 7.11 Å². The Morgan fingerprint density at radius 1 is 1.12 bits per heavy atom. The largest absolute Gasteiger partial charge is 0.497 e. The highest BCUT2D eigenvalue weighted by molar-refractivity contribution is 7.09. The van der Waals surface area contributed by atoms with E-state index in [1.165, 1.54) is 15.6 Å². The summed E-state index contributed by atoms with van der Waals surface area (Å²) in [5.41, 5.74) is 2.06. The van der Waals surface area contributed by atoms with Crippen molar-refractivity contribution in [3.63, 3.8) is 0 Å². The lowest BCUT2D eigenvalue weighted by Crippen LogP contribution is -2.42. The van der Waals surface area contributed by atoms with Crippen LogP contribution in [0.3, 0.4) is 0 Å². The van der Waals surface area contributed by atoms with Gasteiger partial charge in [-0.3, -0.25) is 14.2 Å². The van der Waals surface area contributed by atoms with Gasteiger partial charge in [-0.25, -0.2) is 4.98 Å². The van der Waals surface area contributed by atoms with Crippen molar-refractivity contribution in [1.82, 2.24) is 14.5 Å². The molecule has 0 bridgehead atoms. The zero-order valence-corrected chi connectivity index (χ0v) is 18.9. The monoisotopic (exact) mass is 447 g/mol. The van der Waals surface area contributed by atoms with Gasteiger partial charge in [0.1, 0.15) is 12.3 Å². The summed E-state index contributed by atoms with van der Waals surface area (Å²) in [7, 11) is 1.63. The van der Waals surface area contributed by atoms with Crippen molar-refractivity contribution < 1.29 is 9.53 Å². The number of hydrogen-bond acceptors (Lipinski definition) is 5. The summed E-state index contributed by atoms with van der Waals surface area (Å²) in [6.45, 7) is 2.47. The molecule has 2 aromatic carbocycles. The Labute approximate surface area is 190 Å². The Morgan fingerprint density at radius 3 is 2.62 bits per heavy atom. The Hall–Kier alpha value is -3.45. The standard InChI is InChI=1S/C25H25N3O3S/c1-18(14-21-6-5-13-32-21)27(16-19-9-11-20(31-2)12-10-19)25(30)17-28-23-8-4-3-7-22(23)26-15-24(28)29/h3-13,15,18H,14,16-17H2,1-2H3. The molecular weight excluding hydrogens is 422 g/mol. The van der Waals surface area contributed by atoms with Gasteiger partial charge in [0.25, 0.3) is 5.56 Å². The Morgan fingerprint density at radius 2 is 1.91 bits per heavy atom. The number of methoxy groups -OCH3 is 1. The third kappa shape index (κ3) is 4.89. The van der Waals surface area contributed by atoms with Crippen LogP contribution in [0, 0.1) is 0 Å². The van der Waals surface area contributed by atoms with Crippen LogP contribution < -0.4 is 10.3 Å². The van der Waals surface area contributed by atoms with E-state index < -0.39 is 0 Å². The van der Waals surface area contributed by atoms with Gasteiger partial charge in [0.15, 0.2) is 0 Å². The van der Waals surface area contributed by atoms with Crippen molar-refractivity contribution in [1.29, 1.82) is 0 Å². The minimum Gasteiger partial charge on any atom is -0.497 e. The first kappa shape index (κ1) is 21.8. The van der Waals surface area contributed by atoms with E-state index in [9.17, 15) is 9.59 Å². The molecule has 4 rings (SSSR count). The summed E-state index contributed by atoms with van der Waals surface area (Å²) >= 11 is 1.68. The number of nitrogens with zero attached hydrogens (tertiary/aromatic N) is 3.